The van der Waals surface area contributed by atoms with E-state index in [1.165, 1.54) is 11.1 Å². The van der Waals surface area contributed by atoms with Gasteiger partial charge in [0.25, 0.3) is 0 Å². The Labute approximate surface area is 132 Å². The van der Waals surface area contributed by atoms with Crippen LogP contribution in [0.1, 0.15) is 23.4 Å². The van der Waals surface area contributed by atoms with Gasteiger partial charge in [-0.2, -0.15) is 0 Å². The average Bonchev–Trinajstić information content (AvgIpc) is 2.92. The fraction of sp³-hybridized carbons (Fsp3) is 0.625. The zero-order valence-electron chi connectivity index (χ0n) is 12.9. The monoisotopic (exact) mass is 306 g/mol. The molecule has 3 rings (SSSR count). The largest absolute Gasteiger partial charge is 0.302 e. The predicted octanol–water partition coefficient (Wildman–Crippen LogP) is 1.36. The van der Waals surface area contributed by atoms with E-state index in [-0.39, 0.29) is 0 Å². The molecule has 0 amide bonds. The van der Waals surface area contributed by atoms with Crippen molar-refractivity contribution in [2.24, 2.45) is 0 Å². The standard InChI is InChI=1S/C16H26N4S/c1-12-9-19-16(21-12)14-5-3-13(4-6-14)10-18-15-11-20(2)8-7-17-15/h3-6,12,15-19H,7-11H2,1-2H3. The fourth-order valence-corrected chi connectivity index (χ4v) is 4.05. The van der Waals surface area contributed by atoms with E-state index in [1.54, 1.807) is 0 Å². The van der Waals surface area contributed by atoms with E-state index in [9.17, 15) is 0 Å². The zero-order chi connectivity index (χ0) is 14.7. The number of thioether (sulfide) groups is 1. The van der Waals surface area contributed by atoms with Gasteiger partial charge in [0.2, 0.25) is 0 Å². The average molecular weight is 306 g/mol. The van der Waals surface area contributed by atoms with Gasteiger partial charge in [-0.15, -0.1) is 11.8 Å². The molecule has 3 unspecified atom stereocenters. The molecule has 2 heterocycles. The summed E-state index contributed by atoms with van der Waals surface area (Å²) in [5.74, 6) is 0. The van der Waals surface area contributed by atoms with Crippen molar-refractivity contribution in [3.63, 3.8) is 0 Å². The SMILES string of the molecule is CC1CNC(c2ccc(CNC3CN(C)CCN3)cc2)S1. The van der Waals surface area contributed by atoms with Gasteiger partial charge in [0.15, 0.2) is 0 Å². The highest BCUT2D eigenvalue weighted by atomic mass is 32.2. The molecular formula is C16H26N4S. The van der Waals surface area contributed by atoms with Crippen LogP contribution in [0.25, 0.3) is 0 Å². The van der Waals surface area contributed by atoms with Crippen molar-refractivity contribution in [3.05, 3.63) is 35.4 Å². The van der Waals surface area contributed by atoms with Gasteiger partial charge in [0.1, 0.15) is 0 Å². The van der Waals surface area contributed by atoms with Gasteiger partial charge in [0.05, 0.1) is 11.5 Å². The summed E-state index contributed by atoms with van der Waals surface area (Å²) in [5.41, 5.74) is 2.74. The molecule has 0 spiro atoms. The molecule has 0 bridgehead atoms. The van der Waals surface area contributed by atoms with Crippen molar-refractivity contribution in [2.45, 2.75) is 30.3 Å². The summed E-state index contributed by atoms with van der Waals surface area (Å²) in [4.78, 5) is 2.36. The Morgan fingerprint density at radius 3 is 2.76 bits per heavy atom. The first kappa shape index (κ1) is 15.3. The first-order valence-corrected chi connectivity index (χ1v) is 8.78. The number of hydrogen-bond donors (Lipinski definition) is 3. The molecule has 0 saturated carbocycles. The van der Waals surface area contributed by atoms with Crippen LogP contribution in [-0.2, 0) is 6.54 Å². The van der Waals surface area contributed by atoms with Crippen molar-refractivity contribution in [2.75, 3.05) is 33.2 Å². The minimum absolute atomic E-state index is 0.399. The lowest BCUT2D eigenvalue weighted by Gasteiger charge is -2.31. The van der Waals surface area contributed by atoms with Crippen LogP contribution in [0, 0.1) is 0 Å². The fourth-order valence-electron chi connectivity index (χ4n) is 2.88. The van der Waals surface area contributed by atoms with E-state index in [2.05, 4.69) is 59.1 Å². The van der Waals surface area contributed by atoms with Gasteiger partial charge in [-0.05, 0) is 18.2 Å². The Morgan fingerprint density at radius 2 is 2.10 bits per heavy atom. The Bertz CT molecular complexity index is 450. The van der Waals surface area contributed by atoms with Crippen LogP contribution in [0.2, 0.25) is 0 Å². The minimum Gasteiger partial charge on any atom is -0.302 e. The third kappa shape index (κ3) is 4.20. The van der Waals surface area contributed by atoms with Crippen LogP contribution in [0.15, 0.2) is 24.3 Å². The van der Waals surface area contributed by atoms with Crippen LogP contribution in [0.5, 0.6) is 0 Å². The second-order valence-electron chi connectivity index (χ2n) is 6.13. The highest BCUT2D eigenvalue weighted by Gasteiger charge is 2.22. The van der Waals surface area contributed by atoms with Gasteiger partial charge in [-0.25, -0.2) is 0 Å². The molecule has 21 heavy (non-hydrogen) atoms. The Morgan fingerprint density at radius 1 is 1.29 bits per heavy atom. The second-order valence-corrected chi connectivity index (χ2v) is 7.67. The quantitative estimate of drug-likeness (QED) is 0.783. The molecule has 2 saturated heterocycles. The van der Waals surface area contributed by atoms with Crippen molar-refractivity contribution >= 4 is 11.8 Å². The van der Waals surface area contributed by atoms with E-state index in [0.717, 1.165) is 32.7 Å². The Hall–Kier alpha value is -0.590. The van der Waals surface area contributed by atoms with E-state index < -0.39 is 0 Å². The lowest BCUT2D eigenvalue weighted by molar-refractivity contribution is 0.214. The number of nitrogens with one attached hydrogen (secondary N) is 3. The lowest BCUT2D eigenvalue weighted by atomic mass is 10.1. The minimum atomic E-state index is 0.399. The molecule has 0 radical (unpaired) electrons. The first-order chi connectivity index (χ1) is 10.2. The molecule has 1 aromatic rings. The normalized spacial score (nSPS) is 30.7. The molecule has 2 fully saturated rings. The number of nitrogens with zero attached hydrogens (tertiary/aromatic N) is 1. The van der Waals surface area contributed by atoms with E-state index in [1.807, 2.05) is 11.8 Å². The summed E-state index contributed by atoms with van der Waals surface area (Å²) in [6.45, 7) is 7.59. The Balaban J connectivity index is 1.50. The highest BCUT2D eigenvalue weighted by Crippen LogP contribution is 2.34. The number of hydrogen-bond acceptors (Lipinski definition) is 5. The van der Waals surface area contributed by atoms with E-state index in [0.29, 0.717) is 16.8 Å². The number of likely N-dealkylation sites (N-methyl/N-ethyl adjacent to an activating group) is 1. The highest BCUT2D eigenvalue weighted by molar-refractivity contribution is 8.00. The molecule has 3 N–H and O–H groups in total. The van der Waals surface area contributed by atoms with Gasteiger partial charge >= 0.3 is 0 Å². The van der Waals surface area contributed by atoms with Crippen LogP contribution >= 0.6 is 11.8 Å². The summed E-state index contributed by atoms with van der Waals surface area (Å²) in [7, 11) is 2.18. The van der Waals surface area contributed by atoms with Gasteiger partial charge < -0.3 is 10.2 Å². The summed E-state index contributed by atoms with van der Waals surface area (Å²) in [6, 6.07) is 9.03. The molecular weight excluding hydrogens is 280 g/mol. The van der Waals surface area contributed by atoms with Crippen LogP contribution < -0.4 is 16.0 Å². The maximum Gasteiger partial charge on any atom is 0.0792 e. The van der Waals surface area contributed by atoms with Gasteiger partial charge in [-0.1, -0.05) is 31.2 Å². The second kappa shape index (κ2) is 7.11. The van der Waals surface area contributed by atoms with Crippen LogP contribution in [0.4, 0.5) is 0 Å². The molecule has 0 aliphatic carbocycles. The molecule has 116 valence electrons. The summed E-state index contributed by atoms with van der Waals surface area (Å²) >= 11 is 2.02. The first-order valence-electron chi connectivity index (χ1n) is 7.84. The maximum absolute atomic E-state index is 3.59. The summed E-state index contributed by atoms with van der Waals surface area (Å²) < 4.78 is 0. The number of piperazine rings is 1. The van der Waals surface area contributed by atoms with Crippen LogP contribution in [0.3, 0.4) is 0 Å². The lowest BCUT2D eigenvalue weighted by Crippen LogP contribution is -2.55. The van der Waals surface area contributed by atoms with Crippen molar-refractivity contribution in [1.82, 2.24) is 20.9 Å². The molecule has 2 aliphatic rings. The van der Waals surface area contributed by atoms with Crippen molar-refractivity contribution in [1.29, 1.82) is 0 Å². The van der Waals surface area contributed by atoms with Crippen LogP contribution in [-0.4, -0.2) is 49.5 Å². The number of rotatable bonds is 4. The molecule has 1 aromatic carbocycles. The molecule has 5 heteroatoms. The summed E-state index contributed by atoms with van der Waals surface area (Å²) in [6.07, 6.45) is 0.399. The molecule has 0 aromatic heterocycles. The molecule has 3 atom stereocenters. The maximum atomic E-state index is 3.59. The third-order valence-corrected chi connectivity index (χ3v) is 5.51. The third-order valence-electron chi connectivity index (χ3n) is 4.17. The topological polar surface area (TPSA) is 39.3 Å². The molecule has 2 aliphatic heterocycles. The van der Waals surface area contributed by atoms with Crippen molar-refractivity contribution in [3.8, 4) is 0 Å². The summed E-state index contributed by atoms with van der Waals surface area (Å²) in [5, 5.41) is 11.8. The number of benzene rings is 1. The predicted molar refractivity (Wildman–Crippen MR) is 90.4 cm³/mol. The molecule has 4 nitrogen and oxygen atoms in total. The van der Waals surface area contributed by atoms with Gasteiger partial charge in [0, 0.05) is 38.0 Å². The zero-order valence-corrected chi connectivity index (χ0v) is 13.7. The van der Waals surface area contributed by atoms with E-state index >= 15 is 0 Å². The van der Waals surface area contributed by atoms with Gasteiger partial charge in [-0.3, -0.25) is 10.6 Å². The Kier molecular flexibility index (Phi) is 5.19. The van der Waals surface area contributed by atoms with E-state index in [4.69, 9.17) is 0 Å². The smallest absolute Gasteiger partial charge is 0.0792 e. The van der Waals surface area contributed by atoms with Crippen molar-refractivity contribution < 1.29 is 0 Å².